The normalized spacial score (nSPS) is 16.0. The Morgan fingerprint density at radius 1 is 1.06 bits per heavy atom. The second-order valence-corrected chi connectivity index (χ2v) is 12.7. The van der Waals surface area contributed by atoms with E-state index in [1.807, 2.05) is 36.4 Å². The number of pyridine rings is 2. The lowest BCUT2D eigenvalue weighted by atomic mass is 9.99. The van der Waals surface area contributed by atoms with Crippen LogP contribution in [0.15, 0.2) is 60.8 Å². The number of carbonyl (C=O) groups is 2. The second kappa shape index (κ2) is 13.6. The first-order valence-corrected chi connectivity index (χ1v) is 16.6. The first kappa shape index (κ1) is 32.1. The monoisotopic (exact) mass is 684 g/mol. The van der Waals surface area contributed by atoms with Crippen LogP contribution in [0.25, 0.3) is 44.5 Å². The van der Waals surface area contributed by atoms with Gasteiger partial charge in [0, 0.05) is 96.7 Å². The van der Waals surface area contributed by atoms with E-state index in [-0.39, 0.29) is 18.4 Å². The predicted molar refractivity (Wildman–Crippen MR) is 186 cm³/mol. The zero-order valence-corrected chi connectivity index (χ0v) is 28.1. The highest BCUT2D eigenvalue weighted by Crippen LogP contribution is 2.42. The number of halogens is 2. The average molecular weight is 686 g/mol. The van der Waals surface area contributed by atoms with Gasteiger partial charge in [-0.1, -0.05) is 59.6 Å². The summed E-state index contributed by atoms with van der Waals surface area (Å²) in [7, 11) is 3.69. The van der Waals surface area contributed by atoms with E-state index in [0.717, 1.165) is 57.9 Å². The van der Waals surface area contributed by atoms with Crippen molar-refractivity contribution in [1.29, 1.82) is 0 Å². The Morgan fingerprint density at radius 2 is 1.90 bits per heavy atom. The summed E-state index contributed by atoms with van der Waals surface area (Å²) < 4.78 is 7.93. The van der Waals surface area contributed by atoms with Crippen molar-refractivity contribution in [2.24, 2.45) is 7.05 Å². The SMILES string of the molecule is COc1nc(-c2cccc(-c3ccnc(-c4ccc5c6c(n(C)c5c4)CCNC6)c3Cl)c2Cl)ccc1CNC[C@@H]1CCC(=O)N1OC=O. The highest BCUT2D eigenvalue weighted by Gasteiger charge is 2.32. The van der Waals surface area contributed by atoms with Gasteiger partial charge in [0.05, 0.1) is 34.6 Å². The van der Waals surface area contributed by atoms with Gasteiger partial charge < -0.3 is 24.8 Å². The molecule has 0 saturated carbocycles. The molecule has 246 valence electrons. The lowest BCUT2D eigenvalue weighted by molar-refractivity contribution is -0.188. The number of benzene rings is 2. The van der Waals surface area contributed by atoms with Crippen molar-refractivity contribution in [3.8, 4) is 39.5 Å². The Labute approximate surface area is 287 Å². The maximum atomic E-state index is 12.0. The van der Waals surface area contributed by atoms with Gasteiger partial charge in [0.1, 0.15) is 0 Å². The van der Waals surface area contributed by atoms with E-state index in [4.69, 9.17) is 37.8 Å². The predicted octanol–water partition coefficient (Wildman–Crippen LogP) is 6.10. The molecule has 1 saturated heterocycles. The summed E-state index contributed by atoms with van der Waals surface area (Å²) in [5, 5.41) is 10.2. The number of carbonyl (C=O) groups excluding carboxylic acids is 2. The first-order chi connectivity index (χ1) is 23.4. The van der Waals surface area contributed by atoms with Crippen LogP contribution < -0.4 is 15.4 Å². The standard InChI is InChI=1S/C36H34Cl2N6O4/c1-43-30-13-14-39-19-28(30)24-9-6-21(16-31(24)43)35-34(38)26(12-15-41-35)25-4-3-5-27(33(25)37)29-10-7-22(36(42-29)47-2)17-40-18-23-8-11-32(46)44(23)48-20-45/h3-7,9-10,12,15-16,20,23,39-40H,8,11,13-14,17-19H2,1-2H3/t23-/m0/s1. The molecule has 48 heavy (non-hydrogen) atoms. The van der Waals surface area contributed by atoms with Crippen molar-refractivity contribution in [2.45, 2.75) is 38.4 Å². The molecule has 12 heteroatoms. The van der Waals surface area contributed by atoms with Crippen LogP contribution in [0.1, 0.15) is 29.7 Å². The van der Waals surface area contributed by atoms with Crippen molar-refractivity contribution in [1.82, 2.24) is 30.2 Å². The number of amides is 1. The van der Waals surface area contributed by atoms with Gasteiger partial charge in [0.15, 0.2) is 0 Å². The number of rotatable bonds is 10. The molecule has 5 aromatic rings. The minimum absolute atomic E-state index is 0.203. The van der Waals surface area contributed by atoms with E-state index in [0.29, 0.717) is 53.2 Å². The van der Waals surface area contributed by atoms with E-state index < -0.39 is 0 Å². The molecule has 7 rings (SSSR count). The lowest BCUT2D eigenvalue weighted by Gasteiger charge is -2.21. The Kier molecular flexibility index (Phi) is 9.07. The molecule has 1 atom stereocenters. The van der Waals surface area contributed by atoms with E-state index in [9.17, 15) is 9.59 Å². The van der Waals surface area contributed by atoms with Crippen molar-refractivity contribution in [2.75, 3.05) is 20.2 Å². The van der Waals surface area contributed by atoms with E-state index >= 15 is 0 Å². The van der Waals surface area contributed by atoms with Gasteiger partial charge in [-0.2, -0.15) is 5.06 Å². The maximum absolute atomic E-state index is 12.0. The number of hydroxylamine groups is 2. The Morgan fingerprint density at radius 3 is 2.73 bits per heavy atom. The number of hydrogen-bond donors (Lipinski definition) is 2. The molecule has 0 unspecified atom stereocenters. The minimum Gasteiger partial charge on any atom is -0.481 e. The van der Waals surface area contributed by atoms with Crippen LogP contribution in [0.4, 0.5) is 0 Å². The molecule has 2 N–H and O–H groups in total. The van der Waals surface area contributed by atoms with Crippen LogP contribution in [0, 0.1) is 0 Å². The van der Waals surface area contributed by atoms with Gasteiger partial charge in [-0.3, -0.25) is 14.6 Å². The number of ether oxygens (including phenoxy) is 1. The zero-order valence-electron chi connectivity index (χ0n) is 26.6. The maximum Gasteiger partial charge on any atom is 0.320 e. The van der Waals surface area contributed by atoms with E-state index in [2.05, 4.69) is 45.4 Å². The van der Waals surface area contributed by atoms with E-state index in [1.165, 1.54) is 16.6 Å². The van der Waals surface area contributed by atoms with Crippen LogP contribution in [0.3, 0.4) is 0 Å². The number of fused-ring (bicyclic) bond motifs is 3. The number of hydrogen-bond acceptors (Lipinski definition) is 8. The minimum atomic E-state index is -0.230. The number of methoxy groups -OCH3 is 1. The molecule has 10 nitrogen and oxygen atoms in total. The van der Waals surface area contributed by atoms with Crippen LogP contribution in [0.5, 0.6) is 5.88 Å². The third-order valence-electron chi connectivity index (χ3n) is 9.26. The Balaban J connectivity index is 1.15. The Hall–Kier alpha value is -4.48. The van der Waals surface area contributed by atoms with Crippen LogP contribution in [-0.2, 0) is 41.0 Å². The fourth-order valence-corrected chi connectivity index (χ4v) is 7.49. The van der Waals surface area contributed by atoms with E-state index in [1.54, 1.807) is 13.3 Å². The molecule has 2 aliphatic rings. The summed E-state index contributed by atoms with van der Waals surface area (Å²) in [5.74, 6) is 0.244. The van der Waals surface area contributed by atoms with Gasteiger partial charge in [-0.15, -0.1) is 0 Å². The van der Waals surface area contributed by atoms with Crippen molar-refractivity contribution >= 4 is 46.5 Å². The molecule has 0 radical (unpaired) electrons. The highest BCUT2D eigenvalue weighted by molar-refractivity contribution is 6.39. The van der Waals surface area contributed by atoms with Gasteiger partial charge in [0.25, 0.3) is 5.91 Å². The number of aromatic nitrogens is 3. The summed E-state index contributed by atoms with van der Waals surface area (Å²) in [4.78, 5) is 37.1. The third-order valence-corrected chi connectivity index (χ3v) is 10.0. The summed E-state index contributed by atoms with van der Waals surface area (Å²) >= 11 is 14.2. The number of aryl methyl sites for hydroxylation is 1. The average Bonchev–Trinajstić information content (AvgIpc) is 3.60. The molecule has 0 spiro atoms. The summed E-state index contributed by atoms with van der Waals surface area (Å²) in [6.45, 7) is 3.01. The summed E-state index contributed by atoms with van der Waals surface area (Å²) in [5.41, 5.74) is 9.26. The molecule has 0 bridgehead atoms. The van der Waals surface area contributed by atoms with Crippen molar-refractivity contribution in [3.05, 3.63) is 87.7 Å². The highest BCUT2D eigenvalue weighted by atomic mass is 35.5. The van der Waals surface area contributed by atoms with Gasteiger partial charge in [-0.25, -0.2) is 4.98 Å². The van der Waals surface area contributed by atoms with Crippen LogP contribution in [-0.4, -0.2) is 58.2 Å². The zero-order chi connectivity index (χ0) is 33.4. The van der Waals surface area contributed by atoms with Gasteiger partial charge >= 0.3 is 6.47 Å². The summed E-state index contributed by atoms with van der Waals surface area (Å²) in [6, 6.07) is 17.7. The fourth-order valence-electron chi connectivity index (χ4n) is 6.84. The van der Waals surface area contributed by atoms with Crippen molar-refractivity contribution in [3.63, 3.8) is 0 Å². The Bertz CT molecular complexity index is 2050. The molecule has 3 aromatic heterocycles. The summed E-state index contributed by atoms with van der Waals surface area (Å²) in [6.07, 6.45) is 3.71. The van der Waals surface area contributed by atoms with Gasteiger partial charge in [-0.05, 0) is 30.2 Å². The van der Waals surface area contributed by atoms with Crippen LogP contribution in [0.2, 0.25) is 10.0 Å². The smallest absolute Gasteiger partial charge is 0.320 e. The topological polar surface area (TPSA) is 111 Å². The van der Waals surface area contributed by atoms with Crippen LogP contribution >= 0.6 is 23.2 Å². The molecule has 0 aliphatic carbocycles. The molecule has 5 heterocycles. The quantitative estimate of drug-likeness (QED) is 0.170. The lowest BCUT2D eigenvalue weighted by Crippen LogP contribution is -2.39. The molecule has 1 fully saturated rings. The molecular formula is C36H34Cl2N6O4. The van der Waals surface area contributed by atoms with Crippen molar-refractivity contribution < 1.29 is 19.2 Å². The molecular weight excluding hydrogens is 651 g/mol. The third kappa shape index (κ3) is 5.79. The van der Waals surface area contributed by atoms with Gasteiger partial charge in [0.2, 0.25) is 5.88 Å². The molecule has 2 aliphatic heterocycles. The largest absolute Gasteiger partial charge is 0.481 e. The second-order valence-electron chi connectivity index (χ2n) is 11.9. The fraction of sp³-hybridized carbons (Fsp3) is 0.278. The molecule has 2 aromatic carbocycles. The number of nitrogens with zero attached hydrogens (tertiary/aromatic N) is 4. The number of nitrogens with one attached hydrogen (secondary N) is 2. The first-order valence-electron chi connectivity index (χ1n) is 15.8. The molecule has 1 amide bonds.